The second-order valence-corrected chi connectivity index (χ2v) is 5.29. The largest absolute Gasteiger partial charge is 0.343 e. The topological polar surface area (TPSA) is 88.3 Å². The van der Waals surface area contributed by atoms with Crippen molar-refractivity contribution in [1.29, 1.82) is 0 Å². The molecule has 0 radical (unpaired) electrons. The lowest BCUT2D eigenvalue weighted by atomic mass is 10.0. The van der Waals surface area contributed by atoms with E-state index >= 15 is 0 Å². The number of nitrogens with zero attached hydrogens (tertiary/aromatic N) is 3. The van der Waals surface area contributed by atoms with Crippen LogP contribution in [0.25, 0.3) is 0 Å². The Bertz CT molecular complexity index is 514. The monoisotopic (exact) mass is 294 g/mol. The zero-order chi connectivity index (χ0) is 15.4. The van der Waals surface area contributed by atoms with Crippen molar-refractivity contribution in [1.82, 2.24) is 20.4 Å². The van der Waals surface area contributed by atoms with Crippen molar-refractivity contribution in [3.63, 3.8) is 0 Å². The molecule has 2 atom stereocenters. The highest BCUT2D eigenvalue weighted by Gasteiger charge is 2.38. The summed E-state index contributed by atoms with van der Waals surface area (Å²) in [5.41, 5.74) is 0. The summed E-state index contributed by atoms with van der Waals surface area (Å²) in [6.45, 7) is 6.06. The molecule has 2 amide bonds. The normalized spacial score (nSPS) is 22.5. The molecular weight excluding hydrogens is 272 g/mol. The SMILES string of the molecule is CCCC1NC(=O)C(CC)N(CCc2noc(C)n2)C1=O. The Morgan fingerprint density at radius 1 is 1.33 bits per heavy atom. The summed E-state index contributed by atoms with van der Waals surface area (Å²) >= 11 is 0. The molecule has 0 aromatic carbocycles. The second-order valence-electron chi connectivity index (χ2n) is 5.29. The Labute approximate surface area is 124 Å². The third-order valence-electron chi connectivity index (χ3n) is 3.69. The van der Waals surface area contributed by atoms with E-state index in [4.69, 9.17) is 4.52 Å². The second kappa shape index (κ2) is 6.69. The molecule has 1 aromatic heterocycles. The fraction of sp³-hybridized carbons (Fsp3) is 0.714. The average molecular weight is 294 g/mol. The summed E-state index contributed by atoms with van der Waals surface area (Å²) in [7, 11) is 0. The van der Waals surface area contributed by atoms with Crippen LogP contribution in [-0.4, -0.2) is 45.5 Å². The summed E-state index contributed by atoms with van der Waals surface area (Å²) < 4.78 is 4.92. The number of carbonyl (C=O) groups is 2. The number of aryl methyl sites for hydroxylation is 1. The highest BCUT2D eigenvalue weighted by atomic mass is 16.5. The lowest BCUT2D eigenvalue weighted by molar-refractivity contribution is -0.149. The predicted octanol–water partition coefficient (Wildman–Crippen LogP) is 0.826. The summed E-state index contributed by atoms with van der Waals surface area (Å²) in [5.74, 6) is 0.986. The van der Waals surface area contributed by atoms with Gasteiger partial charge in [0, 0.05) is 19.9 Å². The van der Waals surface area contributed by atoms with E-state index in [0.717, 1.165) is 6.42 Å². The van der Waals surface area contributed by atoms with Crippen LogP contribution in [0, 0.1) is 6.92 Å². The van der Waals surface area contributed by atoms with Crippen LogP contribution in [0.2, 0.25) is 0 Å². The van der Waals surface area contributed by atoms with Gasteiger partial charge in [0.2, 0.25) is 17.7 Å². The van der Waals surface area contributed by atoms with Crippen LogP contribution in [-0.2, 0) is 16.0 Å². The van der Waals surface area contributed by atoms with Crippen molar-refractivity contribution >= 4 is 11.8 Å². The van der Waals surface area contributed by atoms with Crippen LogP contribution in [0.4, 0.5) is 0 Å². The maximum Gasteiger partial charge on any atom is 0.245 e. The highest BCUT2D eigenvalue weighted by Crippen LogP contribution is 2.16. The van der Waals surface area contributed by atoms with Crippen molar-refractivity contribution in [2.45, 2.75) is 58.5 Å². The number of aromatic nitrogens is 2. The number of nitrogens with one attached hydrogen (secondary N) is 1. The molecule has 1 N–H and O–H groups in total. The third-order valence-corrected chi connectivity index (χ3v) is 3.69. The Balaban J connectivity index is 2.07. The van der Waals surface area contributed by atoms with E-state index in [-0.39, 0.29) is 11.8 Å². The molecule has 0 bridgehead atoms. The zero-order valence-corrected chi connectivity index (χ0v) is 12.8. The van der Waals surface area contributed by atoms with Crippen LogP contribution in [0.3, 0.4) is 0 Å². The molecule has 1 aromatic rings. The number of hydrogen-bond donors (Lipinski definition) is 1. The summed E-state index contributed by atoms with van der Waals surface area (Å²) in [6.07, 6.45) is 2.61. The molecule has 0 aliphatic carbocycles. The highest BCUT2D eigenvalue weighted by molar-refractivity contribution is 5.96. The van der Waals surface area contributed by atoms with Crippen molar-refractivity contribution < 1.29 is 14.1 Å². The molecule has 2 unspecified atom stereocenters. The quantitative estimate of drug-likeness (QED) is 0.839. The van der Waals surface area contributed by atoms with Crippen molar-refractivity contribution in [2.75, 3.05) is 6.54 Å². The van der Waals surface area contributed by atoms with Gasteiger partial charge >= 0.3 is 0 Å². The molecule has 2 heterocycles. The van der Waals surface area contributed by atoms with E-state index in [2.05, 4.69) is 15.5 Å². The van der Waals surface area contributed by atoms with Gasteiger partial charge in [0.1, 0.15) is 12.1 Å². The lowest BCUT2D eigenvalue weighted by Crippen LogP contribution is -2.63. The molecular formula is C14H22N4O3. The first kappa shape index (κ1) is 15.5. The van der Waals surface area contributed by atoms with Gasteiger partial charge in [-0.25, -0.2) is 0 Å². The molecule has 1 aliphatic rings. The molecule has 116 valence electrons. The molecule has 21 heavy (non-hydrogen) atoms. The number of carbonyl (C=O) groups excluding carboxylic acids is 2. The van der Waals surface area contributed by atoms with E-state index < -0.39 is 12.1 Å². The van der Waals surface area contributed by atoms with E-state index in [1.165, 1.54) is 0 Å². The Kier molecular flexibility index (Phi) is 4.93. The first-order chi connectivity index (χ1) is 10.1. The fourth-order valence-electron chi connectivity index (χ4n) is 2.64. The molecule has 1 saturated heterocycles. The maximum atomic E-state index is 12.5. The number of amides is 2. The third kappa shape index (κ3) is 3.40. The van der Waals surface area contributed by atoms with E-state index in [9.17, 15) is 9.59 Å². The van der Waals surface area contributed by atoms with Gasteiger partial charge in [0.15, 0.2) is 5.82 Å². The minimum absolute atomic E-state index is 0.0106. The van der Waals surface area contributed by atoms with Gasteiger partial charge in [-0.05, 0) is 12.8 Å². The Morgan fingerprint density at radius 2 is 2.10 bits per heavy atom. The van der Waals surface area contributed by atoms with Gasteiger partial charge in [0.25, 0.3) is 0 Å². The van der Waals surface area contributed by atoms with Gasteiger partial charge in [0.05, 0.1) is 0 Å². The van der Waals surface area contributed by atoms with E-state index in [0.29, 0.717) is 37.5 Å². The molecule has 0 spiro atoms. The maximum absolute atomic E-state index is 12.5. The van der Waals surface area contributed by atoms with Crippen molar-refractivity contribution in [3.05, 3.63) is 11.7 Å². The lowest BCUT2D eigenvalue weighted by Gasteiger charge is -2.38. The molecule has 7 heteroatoms. The predicted molar refractivity (Wildman–Crippen MR) is 75.4 cm³/mol. The van der Waals surface area contributed by atoms with Crippen molar-refractivity contribution in [3.8, 4) is 0 Å². The molecule has 1 aliphatic heterocycles. The van der Waals surface area contributed by atoms with Crippen LogP contribution >= 0.6 is 0 Å². The summed E-state index contributed by atoms with van der Waals surface area (Å²) in [6, 6.07) is -0.809. The first-order valence-electron chi connectivity index (χ1n) is 7.46. The summed E-state index contributed by atoms with van der Waals surface area (Å²) in [4.78, 5) is 30.4. The van der Waals surface area contributed by atoms with Crippen LogP contribution < -0.4 is 5.32 Å². The summed E-state index contributed by atoms with van der Waals surface area (Å²) in [5, 5.41) is 6.65. The van der Waals surface area contributed by atoms with Crippen LogP contribution in [0.1, 0.15) is 44.8 Å². The Hall–Kier alpha value is -1.92. The van der Waals surface area contributed by atoms with Crippen LogP contribution in [0.5, 0.6) is 0 Å². The van der Waals surface area contributed by atoms with Crippen LogP contribution in [0.15, 0.2) is 4.52 Å². The minimum atomic E-state index is -0.405. The fourth-order valence-corrected chi connectivity index (χ4v) is 2.64. The van der Waals surface area contributed by atoms with Gasteiger partial charge in [-0.3, -0.25) is 9.59 Å². The van der Waals surface area contributed by atoms with Gasteiger partial charge < -0.3 is 14.7 Å². The molecule has 1 fully saturated rings. The molecule has 0 saturated carbocycles. The standard InChI is InChI=1S/C14H22N4O3/c1-4-6-10-14(20)18(11(5-2)13(19)16-10)8-7-12-15-9(3)21-17-12/h10-11H,4-8H2,1-3H3,(H,16,19). The van der Waals surface area contributed by atoms with E-state index in [1.54, 1.807) is 11.8 Å². The number of hydrogen-bond acceptors (Lipinski definition) is 5. The molecule has 2 rings (SSSR count). The number of rotatable bonds is 6. The average Bonchev–Trinajstić information content (AvgIpc) is 2.86. The van der Waals surface area contributed by atoms with Gasteiger partial charge in [-0.15, -0.1) is 0 Å². The smallest absolute Gasteiger partial charge is 0.245 e. The first-order valence-corrected chi connectivity index (χ1v) is 7.46. The molecule has 7 nitrogen and oxygen atoms in total. The Morgan fingerprint density at radius 3 is 2.67 bits per heavy atom. The van der Waals surface area contributed by atoms with Gasteiger partial charge in [-0.2, -0.15) is 4.98 Å². The zero-order valence-electron chi connectivity index (χ0n) is 12.8. The van der Waals surface area contributed by atoms with Crippen molar-refractivity contribution in [2.24, 2.45) is 0 Å². The number of piperazine rings is 1. The van der Waals surface area contributed by atoms with Gasteiger partial charge in [-0.1, -0.05) is 25.4 Å². The minimum Gasteiger partial charge on any atom is -0.343 e. The van der Waals surface area contributed by atoms with E-state index in [1.807, 2.05) is 13.8 Å².